The number of halogens is 3. The molecule has 0 radical (unpaired) electrons. The number of alkyl halides is 3. The van der Waals surface area contributed by atoms with Gasteiger partial charge in [0.25, 0.3) is 0 Å². The Morgan fingerprint density at radius 2 is 2.06 bits per heavy atom. The van der Waals surface area contributed by atoms with E-state index in [0.717, 1.165) is 4.68 Å². The van der Waals surface area contributed by atoms with Crippen LogP contribution in [0.4, 0.5) is 18.9 Å². The molecule has 1 aromatic carbocycles. The maximum absolute atomic E-state index is 12.3. The van der Waals surface area contributed by atoms with Crippen LogP contribution in [0, 0.1) is 6.92 Å². The Morgan fingerprint density at radius 3 is 2.69 bits per heavy atom. The van der Waals surface area contributed by atoms with E-state index >= 15 is 0 Å². The fourth-order valence-corrected chi connectivity index (χ4v) is 1.77. The summed E-state index contributed by atoms with van der Waals surface area (Å²) < 4.78 is 37.8. The van der Waals surface area contributed by atoms with Gasteiger partial charge in [-0.15, -0.1) is 0 Å². The maximum Gasteiger partial charge on any atom is 0.408 e. The average molecular weight is 229 g/mol. The highest BCUT2D eigenvalue weighted by Gasteiger charge is 2.29. The van der Waals surface area contributed by atoms with Crippen LogP contribution in [0.5, 0.6) is 0 Å². The predicted molar refractivity (Wildman–Crippen MR) is 54.9 cm³/mol. The Balaban J connectivity index is 2.56. The van der Waals surface area contributed by atoms with Crippen molar-refractivity contribution in [2.45, 2.75) is 19.6 Å². The first-order valence-corrected chi connectivity index (χ1v) is 4.65. The first kappa shape index (κ1) is 10.8. The lowest BCUT2D eigenvalue weighted by molar-refractivity contribution is -0.141. The van der Waals surface area contributed by atoms with Crippen LogP contribution in [0.1, 0.15) is 5.56 Å². The first-order valence-electron chi connectivity index (χ1n) is 4.65. The van der Waals surface area contributed by atoms with E-state index in [0.29, 0.717) is 22.2 Å². The lowest BCUT2D eigenvalue weighted by Gasteiger charge is -2.09. The molecule has 2 aromatic rings. The van der Waals surface area contributed by atoms with Gasteiger partial charge in [0.15, 0.2) is 0 Å². The Hall–Kier alpha value is -1.72. The molecule has 0 amide bonds. The molecule has 0 bridgehead atoms. The molecule has 86 valence electrons. The summed E-state index contributed by atoms with van der Waals surface area (Å²) >= 11 is 0. The zero-order valence-corrected chi connectivity index (χ0v) is 8.54. The van der Waals surface area contributed by atoms with Crippen LogP contribution in [0.25, 0.3) is 10.9 Å². The van der Waals surface area contributed by atoms with Gasteiger partial charge in [0.2, 0.25) is 0 Å². The van der Waals surface area contributed by atoms with Gasteiger partial charge in [-0.25, -0.2) is 0 Å². The highest BCUT2D eigenvalue weighted by atomic mass is 19.4. The number of aromatic nitrogens is 2. The van der Waals surface area contributed by atoms with Gasteiger partial charge in [0, 0.05) is 11.1 Å². The summed E-state index contributed by atoms with van der Waals surface area (Å²) in [5.74, 6) is 0. The molecule has 0 spiro atoms. The van der Waals surface area contributed by atoms with Crippen molar-refractivity contribution in [2.24, 2.45) is 0 Å². The van der Waals surface area contributed by atoms with Gasteiger partial charge in [-0.1, -0.05) is 0 Å². The lowest BCUT2D eigenvalue weighted by Crippen LogP contribution is -2.18. The Morgan fingerprint density at radius 1 is 1.38 bits per heavy atom. The normalized spacial score (nSPS) is 12.2. The SMILES string of the molecule is Cc1cc(N)cc2cnn(CC(F)(F)F)c12. The largest absolute Gasteiger partial charge is 0.408 e. The number of hydrogen-bond donors (Lipinski definition) is 1. The summed E-state index contributed by atoms with van der Waals surface area (Å²) in [4.78, 5) is 0. The van der Waals surface area contributed by atoms with E-state index in [9.17, 15) is 13.2 Å². The summed E-state index contributed by atoms with van der Waals surface area (Å²) in [6.07, 6.45) is -2.88. The van der Waals surface area contributed by atoms with Gasteiger partial charge in [-0.3, -0.25) is 4.68 Å². The zero-order chi connectivity index (χ0) is 11.9. The molecule has 6 heteroatoms. The number of aryl methyl sites for hydroxylation is 1. The topological polar surface area (TPSA) is 43.8 Å². The molecule has 0 aliphatic heterocycles. The summed E-state index contributed by atoms with van der Waals surface area (Å²) in [7, 11) is 0. The van der Waals surface area contributed by atoms with Crippen LogP contribution in [-0.2, 0) is 6.54 Å². The molecule has 0 aliphatic carbocycles. The van der Waals surface area contributed by atoms with E-state index in [2.05, 4.69) is 5.10 Å². The van der Waals surface area contributed by atoms with E-state index in [-0.39, 0.29) is 0 Å². The molecule has 0 saturated heterocycles. The Kier molecular flexibility index (Phi) is 2.29. The predicted octanol–water partition coefficient (Wildman–Crippen LogP) is 2.49. The minimum absolute atomic E-state index is 0.478. The van der Waals surface area contributed by atoms with Crippen molar-refractivity contribution in [1.29, 1.82) is 0 Å². The minimum atomic E-state index is -4.27. The number of rotatable bonds is 1. The molecule has 0 atom stereocenters. The van der Waals surface area contributed by atoms with Gasteiger partial charge in [0.1, 0.15) is 6.54 Å². The van der Waals surface area contributed by atoms with Crippen LogP contribution < -0.4 is 5.73 Å². The van der Waals surface area contributed by atoms with Crippen molar-refractivity contribution in [2.75, 3.05) is 5.73 Å². The lowest BCUT2D eigenvalue weighted by atomic mass is 10.1. The average Bonchev–Trinajstić information content (AvgIpc) is 2.44. The molecule has 0 fully saturated rings. The number of fused-ring (bicyclic) bond motifs is 1. The van der Waals surface area contributed by atoms with E-state index in [1.54, 1.807) is 19.1 Å². The van der Waals surface area contributed by atoms with Gasteiger partial charge in [0.05, 0.1) is 11.7 Å². The fourth-order valence-electron chi connectivity index (χ4n) is 1.77. The zero-order valence-electron chi connectivity index (χ0n) is 8.54. The van der Waals surface area contributed by atoms with Crippen LogP contribution in [0.2, 0.25) is 0 Å². The molecule has 2 rings (SSSR count). The summed E-state index contributed by atoms with van der Waals surface area (Å²) in [6, 6.07) is 3.25. The van der Waals surface area contributed by atoms with Crippen molar-refractivity contribution in [1.82, 2.24) is 9.78 Å². The van der Waals surface area contributed by atoms with Crippen LogP contribution in [0.15, 0.2) is 18.3 Å². The minimum Gasteiger partial charge on any atom is -0.399 e. The smallest absolute Gasteiger partial charge is 0.399 e. The van der Waals surface area contributed by atoms with Crippen LogP contribution >= 0.6 is 0 Å². The van der Waals surface area contributed by atoms with Gasteiger partial charge < -0.3 is 5.73 Å². The molecule has 2 N–H and O–H groups in total. The molecular weight excluding hydrogens is 219 g/mol. The molecule has 1 aromatic heterocycles. The fraction of sp³-hybridized carbons (Fsp3) is 0.300. The van der Waals surface area contributed by atoms with E-state index < -0.39 is 12.7 Å². The standard InChI is InChI=1S/C10H10F3N3/c1-6-2-8(14)3-7-4-15-16(9(6)7)5-10(11,12)13/h2-4H,5,14H2,1H3. The number of nitrogen functional groups attached to an aromatic ring is 1. The molecule has 1 heterocycles. The summed E-state index contributed by atoms with van der Waals surface area (Å²) in [5, 5.41) is 4.35. The molecule has 0 unspecified atom stereocenters. The van der Waals surface area contributed by atoms with Gasteiger partial charge >= 0.3 is 6.18 Å². The second-order valence-electron chi connectivity index (χ2n) is 3.69. The number of hydrogen-bond acceptors (Lipinski definition) is 2. The quantitative estimate of drug-likeness (QED) is 0.763. The van der Waals surface area contributed by atoms with Crippen molar-refractivity contribution < 1.29 is 13.2 Å². The number of nitrogens with zero attached hydrogens (tertiary/aromatic N) is 2. The third-order valence-corrected chi connectivity index (χ3v) is 2.28. The Labute approximate surface area is 89.7 Å². The Bertz CT molecular complexity index is 528. The highest BCUT2D eigenvalue weighted by Crippen LogP contribution is 2.25. The summed E-state index contributed by atoms with van der Waals surface area (Å²) in [5.41, 5.74) is 7.30. The summed E-state index contributed by atoms with van der Waals surface area (Å²) in [6.45, 7) is 0.633. The molecule has 0 aliphatic rings. The number of anilines is 1. The van der Waals surface area contributed by atoms with Gasteiger partial charge in [-0.05, 0) is 24.6 Å². The van der Waals surface area contributed by atoms with E-state index in [4.69, 9.17) is 5.73 Å². The molecule has 16 heavy (non-hydrogen) atoms. The van der Waals surface area contributed by atoms with Crippen LogP contribution in [0.3, 0.4) is 0 Å². The third kappa shape index (κ3) is 1.95. The van der Waals surface area contributed by atoms with Crippen molar-refractivity contribution >= 4 is 16.6 Å². The van der Waals surface area contributed by atoms with Crippen molar-refractivity contribution in [3.05, 3.63) is 23.9 Å². The third-order valence-electron chi connectivity index (χ3n) is 2.28. The first-order chi connectivity index (χ1) is 7.37. The van der Waals surface area contributed by atoms with E-state index in [1.165, 1.54) is 6.20 Å². The van der Waals surface area contributed by atoms with Crippen LogP contribution in [-0.4, -0.2) is 16.0 Å². The van der Waals surface area contributed by atoms with Crippen molar-refractivity contribution in [3.8, 4) is 0 Å². The number of benzene rings is 1. The monoisotopic (exact) mass is 229 g/mol. The molecule has 3 nitrogen and oxygen atoms in total. The molecular formula is C10H10F3N3. The van der Waals surface area contributed by atoms with Gasteiger partial charge in [-0.2, -0.15) is 18.3 Å². The number of nitrogens with two attached hydrogens (primary N) is 1. The second kappa shape index (κ2) is 3.40. The second-order valence-corrected chi connectivity index (χ2v) is 3.69. The van der Waals surface area contributed by atoms with Crippen molar-refractivity contribution in [3.63, 3.8) is 0 Å². The maximum atomic E-state index is 12.3. The molecule has 0 saturated carbocycles. The van der Waals surface area contributed by atoms with E-state index in [1.807, 2.05) is 0 Å². The highest BCUT2D eigenvalue weighted by molar-refractivity contribution is 5.85.